The van der Waals surface area contributed by atoms with Crippen molar-refractivity contribution in [1.29, 1.82) is 0 Å². The number of esters is 4. The van der Waals surface area contributed by atoms with Crippen LogP contribution in [-0.2, 0) is 65.4 Å². The van der Waals surface area contributed by atoms with Gasteiger partial charge in [0.05, 0.1) is 26.4 Å². The quantitative estimate of drug-likeness (QED) is 0.0222. The SMILES string of the molecule is CCCCCCCCCCC(=O)OC[C@H](COP(=O)(O)OC[C@@H](O)COP(=O)(O)OC[C@@H](COC(=O)CCCCCCC)OC(=O)CCCCCCCCCC)OC(=O)CCCCCCCCC(C)C. The number of carbonyl (C=O) groups is 4. The molecule has 414 valence electrons. The predicted octanol–water partition coefficient (Wildman–Crippen LogP) is 12.7. The molecule has 70 heavy (non-hydrogen) atoms. The van der Waals surface area contributed by atoms with Crippen LogP contribution in [0.4, 0.5) is 0 Å². The highest BCUT2D eigenvalue weighted by Crippen LogP contribution is 2.45. The molecule has 0 aliphatic heterocycles. The number of carbonyl (C=O) groups excluding carboxylic acids is 4. The highest BCUT2D eigenvalue weighted by atomic mass is 31.2. The standard InChI is InChI=1S/C51H98O17P2/c1-6-9-12-15-17-19-25-30-35-49(54)62-41-47(68-51(56)37-32-27-22-21-24-28-33-44(4)5)43-66-70(59,60)64-39-45(52)38-63-69(57,58)65-42-46(40-61-48(53)34-29-23-14-11-8-3)67-50(55)36-31-26-20-18-16-13-10-7-2/h44-47,52H,6-43H2,1-5H3,(H,57,58)(H,59,60)/t45-,46+,47+/m0/s1. The Morgan fingerprint density at radius 2 is 0.657 bits per heavy atom. The van der Waals surface area contributed by atoms with Gasteiger partial charge in [-0.2, -0.15) is 0 Å². The van der Waals surface area contributed by atoms with E-state index in [1.807, 2.05) is 0 Å². The van der Waals surface area contributed by atoms with E-state index in [-0.39, 0.29) is 25.7 Å². The van der Waals surface area contributed by atoms with E-state index in [0.717, 1.165) is 109 Å². The van der Waals surface area contributed by atoms with Gasteiger partial charge in [-0.3, -0.25) is 37.3 Å². The van der Waals surface area contributed by atoms with Gasteiger partial charge in [0.1, 0.15) is 19.3 Å². The molecule has 5 atom stereocenters. The Morgan fingerprint density at radius 3 is 0.971 bits per heavy atom. The number of ether oxygens (including phenoxy) is 4. The van der Waals surface area contributed by atoms with Crippen LogP contribution in [0, 0.1) is 5.92 Å². The lowest BCUT2D eigenvalue weighted by molar-refractivity contribution is -0.161. The maximum absolute atomic E-state index is 12.8. The largest absolute Gasteiger partial charge is 0.472 e. The van der Waals surface area contributed by atoms with Crippen LogP contribution in [0.3, 0.4) is 0 Å². The summed E-state index contributed by atoms with van der Waals surface area (Å²) in [5, 5.41) is 10.4. The van der Waals surface area contributed by atoms with Crippen molar-refractivity contribution in [3.05, 3.63) is 0 Å². The lowest BCUT2D eigenvalue weighted by Crippen LogP contribution is -2.30. The zero-order valence-electron chi connectivity index (χ0n) is 44.1. The van der Waals surface area contributed by atoms with Crippen molar-refractivity contribution in [3.8, 4) is 0 Å². The first kappa shape index (κ1) is 68.1. The second-order valence-corrected chi connectivity index (χ2v) is 21.9. The van der Waals surface area contributed by atoms with Crippen LogP contribution in [0.25, 0.3) is 0 Å². The summed E-state index contributed by atoms with van der Waals surface area (Å²) in [5.74, 6) is -1.50. The lowest BCUT2D eigenvalue weighted by atomic mass is 10.0. The molecule has 0 fully saturated rings. The summed E-state index contributed by atoms with van der Waals surface area (Å²) in [4.78, 5) is 71.1. The molecule has 0 bridgehead atoms. The molecule has 17 nitrogen and oxygen atoms in total. The predicted molar refractivity (Wildman–Crippen MR) is 271 cm³/mol. The summed E-state index contributed by atoms with van der Waals surface area (Å²) < 4.78 is 67.1. The van der Waals surface area contributed by atoms with E-state index >= 15 is 0 Å². The van der Waals surface area contributed by atoms with E-state index in [4.69, 9.17) is 37.0 Å². The first-order chi connectivity index (χ1) is 33.5. The first-order valence-electron chi connectivity index (χ1n) is 27.1. The number of rotatable bonds is 51. The fourth-order valence-electron chi connectivity index (χ4n) is 7.28. The van der Waals surface area contributed by atoms with Crippen LogP contribution >= 0.6 is 15.6 Å². The summed E-state index contributed by atoms with van der Waals surface area (Å²) in [6.07, 6.45) is 24.5. The average molecular weight is 1050 g/mol. The van der Waals surface area contributed by atoms with Gasteiger partial charge in [0.15, 0.2) is 12.2 Å². The topological polar surface area (TPSA) is 237 Å². The minimum Gasteiger partial charge on any atom is -0.462 e. The molecule has 0 aromatic rings. The van der Waals surface area contributed by atoms with Crippen molar-refractivity contribution in [2.75, 3.05) is 39.6 Å². The molecule has 0 aromatic carbocycles. The molecule has 0 spiro atoms. The van der Waals surface area contributed by atoms with Gasteiger partial charge < -0.3 is 33.8 Å². The Morgan fingerprint density at radius 1 is 0.386 bits per heavy atom. The molecule has 3 N–H and O–H groups in total. The number of phosphoric ester groups is 2. The van der Waals surface area contributed by atoms with Crippen molar-refractivity contribution in [1.82, 2.24) is 0 Å². The molecule has 0 aromatic heterocycles. The molecule has 19 heteroatoms. The Bertz CT molecular complexity index is 1400. The number of aliphatic hydroxyl groups excluding tert-OH is 1. The van der Waals surface area contributed by atoms with Crippen molar-refractivity contribution in [2.24, 2.45) is 5.92 Å². The maximum Gasteiger partial charge on any atom is 0.472 e. The van der Waals surface area contributed by atoms with Gasteiger partial charge in [-0.05, 0) is 31.6 Å². The van der Waals surface area contributed by atoms with Crippen LogP contribution < -0.4 is 0 Å². The van der Waals surface area contributed by atoms with Gasteiger partial charge in [0, 0.05) is 25.7 Å². The van der Waals surface area contributed by atoms with Crippen LogP contribution in [0.2, 0.25) is 0 Å². The van der Waals surface area contributed by atoms with E-state index in [1.54, 1.807) is 0 Å². The summed E-state index contributed by atoms with van der Waals surface area (Å²) in [5.41, 5.74) is 0. The summed E-state index contributed by atoms with van der Waals surface area (Å²) in [7, 11) is -9.84. The Hall–Kier alpha value is -1.94. The minimum absolute atomic E-state index is 0.102. The molecule has 2 unspecified atom stereocenters. The van der Waals surface area contributed by atoms with Crippen molar-refractivity contribution in [2.45, 2.75) is 258 Å². The van der Waals surface area contributed by atoms with Crippen LogP contribution in [-0.4, -0.2) is 96.7 Å². The molecular formula is C51H98O17P2. The van der Waals surface area contributed by atoms with Crippen molar-refractivity contribution in [3.63, 3.8) is 0 Å². The van der Waals surface area contributed by atoms with Gasteiger partial charge in [0.25, 0.3) is 0 Å². The molecule has 0 saturated carbocycles. The fourth-order valence-corrected chi connectivity index (χ4v) is 8.86. The maximum atomic E-state index is 12.8. The van der Waals surface area contributed by atoms with Gasteiger partial charge in [-0.25, -0.2) is 9.13 Å². The highest BCUT2D eigenvalue weighted by molar-refractivity contribution is 7.47. The molecule has 0 amide bonds. The molecule has 0 saturated heterocycles. The third-order valence-electron chi connectivity index (χ3n) is 11.5. The first-order valence-corrected chi connectivity index (χ1v) is 30.1. The molecule has 0 aliphatic rings. The zero-order chi connectivity index (χ0) is 52.1. The summed E-state index contributed by atoms with van der Waals surface area (Å²) in [6, 6.07) is 0. The Kier molecular flexibility index (Phi) is 44.4. The molecule has 0 heterocycles. The third-order valence-corrected chi connectivity index (χ3v) is 13.4. The van der Waals surface area contributed by atoms with Crippen molar-refractivity contribution < 1.29 is 80.2 Å². The molecule has 0 rings (SSSR count). The Balaban J connectivity index is 5.18. The van der Waals surface area contributed by atoms with Gasteiger partial charge in [-0.15, -0.1) is 0 Å². The molecular weight excluding hydrogens is 946 g/mol. The summed E-state index contributed by atoms with van der Waals surface area (Å²) in [6.45, 7) is 6.85. The van der Waals surface area contributed by atoms with Gasteiger partial charge >= 0.3 is 39.5 Å². The number of phosphoric acid groups is 2. The number of hydrogen-bond acceptors (Lipinski definition) is 15. The van der Waals surface area contributed by atoms with E-state index in [9.17, 15) is 43.2 Å². The second-order valence-electron chi connectivity index (χ2n) is 19.0. The van der Waals surface area contributed by atoms with E-state index in [1.165, 1.54) is 44.9 Å². The molecule has 0 aliphatic carbocycles. The van der Waals surface area contributed by atoms with E-state index in [0.29, 0.717) is 31.6 Å². The van der Waals surface area contributed by atoms with Crippen LogP contribution in [0.1, 0.15) is 240 Å². The number of hydrogen-bond donors (Lipinski definition) is 3. The van der Waals surface area contributed by atoms with Gasteiger partial charge in [-0.1, -0.05) is 189 Å². The number of aliphatic hydroxyl groups is 1. The molecule has 0 radical (unpaired) electrons. The average Bonchev–Trinajstić information content (AvgIpc) is 3.31. The monoisotopic (exact) mass is 1040 g/mol. The number of unbranched alkanes of at least 4 members (excludes halogenated alkanes) is 23. The van der Waals surface area contributed by atoms with Crippen molar-refractivity contribution >= 4 is 39.5 Å². The van der Waals surface area contributed by atoms with Crippen LogP contribution in [0.5, 0.6) is 0 Å². The second kappa shape index (κ2) is 45.7. The van der Waals surface area contributed by atoms with E-state index < -0.39 is 97.5 Å². The van der Waals surface area contributed by atoms with E-state index in [2.05, 4.69) is 34.6 Å². The van der Waals surface area contributed by atoms with Crippen LogP contribution in [0.15, 0.2) is 0 Å². The third kappa shape index (κ3) is 45.9. The Labute approximate surface area is 422 Å². The smallest absolute Gasteiger partial charge is 0.462 e. The minimum atomic E-state index is -4.92. The zero-order valence-corrected chi connectivity index (χ0v) is 45.9. The summed E-state index contributed by atoms with van der Waals surface area (Å²) >= 11 is 0. The highest BCUT2D eigenvalue weighted by Gasteiger charge is 2.30. The lowest BCUT2D eigenvalue weighted by Gasteiger charge is -2.21. The van der Waals surface area contributed by atoms with Gasteiger partial charge in [0.2, 0.25) is 0 Å². The fraction of sp³-hybridized carbons (Fsp3) is 0.922. The normalized spacial score (nSPS) is 14.6.